The molecule has 3 nitrogen and oxygen atoms in total. The molecular formula is C26H48ClNO2. The van der Waals surface area contributed by atoms with Crippen molar-refractivity contribution in [1.82, 2.24) is 0 Å². The summed E-state index contributed by atoms with van der Waals surface area (Å²) in [6.07, 6.45) is 8.97. The van der Waals surface area contributed by atoms with Crippen LogP contribution in [0.2, 0.25) is 0 Å². The number of nitrogens with zero attached hydrogens (tertiary/aromatic N) is 1. The predicted molar refractivity (Wildman–Crippen MR) is 120 cm³/mol. The summed E-state index contributed by atoms with van der Waals surface area (Å²) in [6, 6.07) is 0. The fourth-order valence-electron chi connectivity index (χ4n) is 7.76. The van der Waals surface area contributed by atoms with Gasteiger partial charge in [-0.2, -0.15) is 0 Å². The van der Waals surface area contributed by atoms with Crippen molar-refractivity contribution in [3.63, 3.8) is 0 Å². The van der Waals surface area contributed by atoms with E-state index in [-0.39, 0.29) is 12.4 Å². The average molecular weight is 442 g/mol. The van der Waals surface area contributed by atoms with Crippen molar-refractivity contribution in [3.8, 4) is 0 Å². The molecule has 0 heterocycles. The zero-order valence-corrected chi connectivity index (χ0v) is 21.8. The fourth-order valence-corrected chi connectivity index (χ4v) is 7.76. The Morgan fingerprint density at radius 1 is 0.700 bits per heavy atom. The van der Waals surface area contributed by atoms with Gasteiger partial charge in [-0.25, -0.2) is 0 Å². The lowest BCUT2D eigenvalue weighted by atomic mass is 9.70. The summed E-state index contributed by atoms with van der Waals surface area (Å²) >= 11 is 0. The van der Waals surface area contributed by atoms with Gasteiger partial charge in [-0.15, -0.1) is 0 Å². The monoisotopic (exact) mass is 441 g/mol. The third-order valence-corrected chi connectivity index (χ3v) is 11.5. The smallest absolute Gasteiger partial charge is 0.102 e. The molecule has 0 N–H and O–H groups in total. The van der Waals surface area contributed by atoms with Gasteiger partial charge in [-0.3, -0.25) is 0 Å². The second-order valence-electron chi connectivity index (χ2n) is 13.3. The van der Waals surface area contributed by atoms with E-state index in [9.17, 15) is 0 Å². The van der Waals surface area contributed by atoms with E-state index < -0.39 is 0 Å². The highest BCUT2D eigenvalue weighted by Crippen LogP contribution is 2.67. The maximum atomic E-state index is 6.52. The Bertz CT molecular complexity index is 581. The lowest BCUT2D eigenvalue weighted by Gasteiger charge is -2.40. The van der Waals surface area contributed by atoms with E-state index >= 15 is 0 Å². The van der Waals surface area contributed by atoms with E-state index in [1.54, 1.807) is 0 Å². The standard InChI is InChI=1S/C26H48NO2.ClH/c1-23(2)19-9-11-25(23,5)21(17-19)28-15-13-27(7,8)14-16-29-22-18-20-10-12-26(22,6)24(20,3)4;/h19-22H,9-18H2,1-8H3;1H/q+1;/p-1. The molecule has 0 aliphatic heterocycles. The van der Waals surface area contributed by atoms with Crippen LogP contribution in [0.5, 0.6) is 0 Å². The molecule has 4 bridgehead atoms. The maximum absolute atomic E-state index is 6.52. The van der Waals surface area contributed by atoms with Gasteiger partial charge in [0.25, 0.3) is 0 Å². The van der Waals surface area contributed by atoms with Crippen LogP contribution in [0, 0.1) is 33.5 Å². The van der Waals surface area contributed by atoms with Crippen LogP contribution in [0.15, 0.2) is 0 Å². The second-order valence-corrected chi connectivity index (χ2v) is 13.3. The summed E-state index contributed by atoms with van der Waals surface area (Å²) in [5.74, 6) is 1.72. The van der Waals surface area contributed by atoms with Gasteiger partial charge < -0.3 is 26.4 Å². The van der Waals surface area contributed by atoms with Crippen LogP contribution in [-0.4, -0.2) is 57.1 Å². The Labute approximate surface area is 192 Å². The number of rotatable bonds is 8. The Morgan fingerprint density at radius 3 is 1.33 bits per heavy atom. The number of quaternary nitrogens is 1. The van der Waals surface area contributed by atoms with Gasteiger partial charge in [-0.05, 0) is 72.0 Å². The Morgan fingerprint density at radius 2 is 1.07 bits per heavy atom. The molecule has 6 unspecified atom stereocenters. The zero-order chi connectivity index (χ0) is 21.3. The fraction of sp³-hybridized carbons (Fsp3) is 1.00. The molecule has 0 saturated heterocycles. The number of hydrogen-bond acceptors (Lipinski definition) is 2. The molecule has 6 atom stereocenters. The SMILES string of the molecule is CC1(C)C2CCC1(C)C(OCC[N+](C)(C)CCOC1CC3CCC1(C)C3(C)C)C2.[Cl-]. The molecular weight excluding hydrogens is 394 g/mol. The first kappa shape index (κ1) is 24.8. The van der Waals surface area contributed by atoms with Crippen LogP contribution >= 0.6 is 0 Å². The van der Waals surface area contributed by atoms with Crippen LogP contribution in [0.3, 0.4) is 0 Å². The summed E-state index contributed by atoms with van der Waals surface area (Å²) < 4.78 is 14.0. The minimum atomic E-state index is 0. The Hall–Kier alpha value is 0.170. The van der Waals surface area contributed by atoms with Gasteiger partial charge in [0.1, 0.15) is 13.1 Å². The normalized spacial score (nSPS) is 43.2. The topological polar surface area (TPSA) is 18.5 Å². The molecule has 0 amide bonds. The molecule has 0 aromatic heterocycles. The van der Waals surface area contributed by atoms with Crippen molar-refractivity contribution in [1.29, 1.82) is 0 Å². The quantitative estimate of drug-likeness (QED) is 0.539. The van der Waals surface area contributed by atoms with Crippen LogP contribution in [0.4, 0.5) is 0 Å². The first-order chi connectivity index (χ1) is 13.3. The minimum absolute atomic E-state index is 0. The second kappa shape index (κ2) is 7.89. The van der Waals surface area contributed by atoms with E-state index in [1.807, 2.05) is 0 Å². The highest BCUT2D eigenvalue weighted by atomic mass is 35.5. The van der Waals surface area contributed by atoms with Gasteiger partial charge >= 0.3 is 0 Å². The molecule has 0 spiro atoms. The number of halogens is 1. The van der Waals surface area contributed by atoms with Crippen molar-refractivity contribution in [2.24, 2.45) is 33.5 Å². The average Bonchev–Trinajstić information content (AvgIpc) is 3.13. The van der Waals surface area contributed by atoms with Gasteiger partial charge in [0, 0.05) is 0 Å². The third kappa shape index (κ3) is 3.58. The molecule has 0 radical (unpaired) electrons. The summed E-state index contributed by atoms with van der Waals surface area (Å²) in [7, 11) is 4.68. The predicted octanol–water partition coefficient (Wildman–Crippen LogP) is 2.53. The van der Waals surface area contributed by atoms with E-state index in [4.69, 9.17) is 9.47 Å². The van der Waals surface area contributed by atoms with E-state index in [0.717, 1.165) is 42.6 Å². The first-order valence-electron chi connectivity index (χ1n) is 12.4. The molecule has 4 aliphatic rings. The molecule has 176 valence electrons. The lowest BCUT2D eigenvalue weighted by Crippen LogP contribution is -3.00. The molecule has 4 heteroatoms. The first-order valence-corrected chi connectivity index (χ1v) is 12.4. The summed E-state index contributed by atoms with van der Waals surface area (Å²) in [5.41, 5.74) is 1.64. The summed E-state index contributed by atoms with van der Waals surface area (Å²) in [5, 5.41) is 0. The van der Waals surface area contributed by atoms with Crippen molar-refractivity contribution in [3.05, 3.63) is 0 Å². The molecule has 4 rings (SSSR count). The van der Waals surface area contributed by atoms with E-state index in [1.165, 1.54) is 38.5 Å². The Kier molecular flexibility index (Phi) is 6.52. The molecule has 0 aromatic rings. The zero-order valence-electron chi connectivity index (χ0n) is 21.0. The number of likely N-dealkylation sites (N-methyl/N-ethyl adjacent to an activating group) is 1. The van der Waals surface area contributed by atoms with Crippen molar-refractivity contribution >= 4 is 0 Å². The van der Waals surface area contributed by atoms with Crippen molar-refractivity contribution < 1.29 is 26.4 Å². The molecule has 4 saturated carbocycles. The van der Waals surface area contributed by atoms with Crippen LogP contribution < -0.4 is 12.4 Å². The molecule has 4 aliphatic carbocycles. The largest absolute Gasteiger partial charge is 1.00 e. The number of ether oxygens (including phenoxy) is 2. The van der Waals surface area contributed by atoms with Gasteiger partial charge in [0.15, 0.2) is 0 Å². The maximum Gasteiger partial charge on any atom is 0.102 e. The molecule has 4 fully saturated rings. The van der Waals surface area contributed by atoms with Gasteiger partial charge in [-0.1, -0.05) is 41.5 Å². The van der Waals surface area contributed by atoms with Gasteiger partial charge in [0.2, 0.25) is 0 Å². The summed E-state index contributed by atoms with van der Waals surface area (Å²) in [6.45, 7) is 18.8. The number of hydrogen-bond donors (Lipinski definition) is 0. The minimum Gasteiger partial charge on any atom is -1.00 e. The van der Waals surface area contributed by atoms with Crippen molar-refractivity contribution in [2.45, 2.75) is 92.3 Å². The number of fused-ring (bicyclic) bond motifs is 4. The van der Waals surface area contributed by atoms with Gasteiger partial charge in [0.05, 0.1) is 39.5 Å². The Balaban J connectivity index is 0.00000256. The van der Waals surface area contributed by atoms with Crippen molar-refractivity contribution in [2.75, 3.05) is 40.4 Å². The summed E-state index contributed by atoms with van der Waals surface area (Å²) in [4.78, 5) is 0. The third-order valence-electron chi connectivity index (χ3n) is 11.5. The van der Waals surface area contributed by atoms with Crippen LogP contribution in [0.25, 0.3) is 0 Å². The lowest BCUT2D eigenvalue weighted by molar-refractivity contribution is -0.891. The highest BCUT2D eigenvalue weighted by Gasteiger charge is 2.62. The van der Waals surface area contributed by atoms with E-state index in [0.29, 0.717) is 33.9 Å². The highest BCUT2D eigenvalue weighted by molar-refractivity contribution is 5.12. The van der Waals surface area contributed by atoms with E-state index in [2.05, 4.69) is 55.6 Å². The molecule has 0 aromatic carbocycles. The van der Waals surface area contributed by atoms with Crippen LogP contribution in [-0.2, 0) is 9.47 Å². The van der Waals surface area contributed by atoms with Crippen LogP contribution in [0.1, 0.15) is 80.1 Å². The molecule has 30 heavy (non-hydrogen) atoms.